The Morgan fingerprint density at radius 3 is 2.25 bits per heavy atom. The second kappa shape index (κ2) is 3.67. The molecule has 0 saturated carbocycles. The fourth-order valence-corrected chi connectivity index (χ4v) is 3.64. The predicted molar refractivity (Wildman–Crippen MR) is 61.2 cm³/mol. The number of likely N-dealkylation sites (tertiary alicyclic amines) is 1. The lowest BCUT2D eigenvalue weighted by molar-refractivity contribution is -0.283. The molecule has 1 atom stereocenters. The van der Waals surface area contributed by atoms with E-state index in [0.717, 1.165) is 38.9 Å². The number of nitrogens with zero attached hydrogens (tertiary/aromatic N) is 1. The summed E-state index contributed by atoms with van der Waals surface area (Å²) in [6, 6.07) is 0. The zero-order valence-electron chi connectivity index (χ0n) is 10.1. The van der Waals surface area contributed by atoms with Crippen LogP contribution in [-0.2, 0) is 9.47 Å². The lowest BCUT2D eigenvalue weighted by Crippen LogP contribution is -2.69. The summed E-state index contributed by atoms with van der Waals surface area (Å²) in [7, 11) is 2.21. The highest BCUT2D eigenvalue weighted by Gasteiger charge is 2.63. The Balaban J connectivity index is 1.82. The molecule has 0 aromatic carbocycles. The highest BCUT2D eigenvalue weighted by Crippen LogP contribution is 2.56. The summed E-state index contributed by atoms with van der Waals surface area (Å²) in [5.74, 6) is 0.749. The highest BCUT2D eigenvalue weighted by atomic mass is 16.5. The third-order valence-electron chi connectivity index (χ3n) is 5.10. The Morgan fingerprint density at radius 1 is 1.25 bits per heavy atom. The molecule has 0 aromatic heterocycles. The summed E-state index contributed by atoms with van der Waals surface area (Å²) in [6.07, 6.45) is 1.29. The van der Waals surface area contributed by atoms with Gasteiger partial charge in [-0.15, -0.1) is 0 Å². The molecule has 0 amide bonds. The van der Waals surface area contributed by atoms with Gasteiger partial charge in [-0.3, -0.25) is 0 Å². The molecule has 2 N–H and O–H groups in total. The van der Waals surface area contributed by atoms with Gasteiger partial charge in [0, 0.05) is 23.9 Å². The van der Waals surface area contributed by atoms with Crippen molar-refractivity contribution >= 4 is 0 Å². The molecule has 3 heterocycles. The average molecular weight is 226 g/mol. The van der Waals surface area contributed by atoms with E-state index >= 15 is 0 Å². The van der Waals surface area contributed by atoms with E-state index in [4.69, 9.17) is 15.2 Å². The zero-order chi connectivity index (χ0) is 11.2. The summed E-state index contributed by atoms with van der Waals surface area (Å²) >= 11 is 0. The van der Waals surface area contributed by atoms with Gasteiger partial charge in [0.2, 0.25) is 0 Å². The van der Waals surface area contributed by atoms with Crippen LogP contribution in [0.15, 0.2) is 0 Å². The average Bonchev–Trinajstić information content (AvgIpc) is 2.55. The van der Waals surface area contributed by atoms with Gasteiger partial charge in [-0.2, -0.15) is 0 Å². The molecule has 3 fully saturated rings. The van der Waals surface area contributed by atoms with Gasteiger partial charge in [0.15, 0.2) is 0 Å². The molecule has 0 bridgehead atoms. The number of nitrogens with two attached hydrogens (primary N) is 1. The van der Waals surface area contributed by atoms with E-state index in [9.17, 15) is 0 Å². The Bertz CT molecular complexity index is 269. The Hall–Kier alpha value is -0.160. The monoisotopic (exact) mass is 226 g/mol. The maximum Gasteiger partial charge on any atom is 0.0564 e. The minimum absolute atomic E-state index is 0.209. The summed E-state index contributed by atoms with van der Waals surface area (Å²) in [6.45, 7) is 6.63. The van der Waals surface area contributed by atoms with Gasteiger partial charge < -0.3 is 20.1 Å². The lowest BCUT2D eigenvalue weighted by Gasteiger charge is -2.61. The van der Waals surface area contributed by atoms with Crippen molar-refractivity contribution in [3.05, 3.63) is 0 Å². The SMILES string of the molecule is CN1CCC(C2(C3(CN)COC3)COC2)C1. The van der Waals surface area contributed by atoms with Crippen LogP contribution < -0.4 is 5.73 Å². The van der Waals surface area contributed by atoms with E-state index < -0.39 is 0 Å². The number of rotatable bonds is 3. The Kier molecular flexibility index (Phi) is 2.51. The van der Waals surface area contributed by atoms with Crippen molar-refractivity contribution in [2.45, 2.75) is 6.42 Å². The third kappa shape index (κ3) is 1.24. The predicted octanol–water partition coefficient (Wildman–Crippen LogP) is -0.0700. The van der Waals surface area contributed by atoms with Crippen molar-refractivity contribution in [1.82, 2.24) is 4.90 Å². The van der Waals surface area contributed by atoms with Crippen LogP contribution in [0.2, 0.25) is 0 Å². The fourth-order valence-electron chi connectivity index (χ4n) is 3.64. The van der Waals surface area contributed by atoms with Gasteiger partial charge in [-0.25, -0.2) is 0 Å². The molecule has 4 heteroatoms. The molecule has 3 aliphatic rings. The summed E-state index contributed by atoms with van der Waals surface area (Å²) in [5.41, 5.74) is 6.54. The summed E-state index contributed by atoms with van der Waals surface area (Å²) in [5, 5.41) is 0. The molecular weight excluding hydrogens is 204 g/mol. The van der Waals surface area contributed by atoms with Crippen molar-refractivity contribution < 1.29 is 9.47 Å². The van der Waals surface area contributed by atoms with Crippen LogP contribution in [0.1, 0.15) is 6.42 Å². The quantitative estimate of drug-likeness (QED) is 0.732. The lowest BCUT2D eigenvalue weighted by atomic mass is 9.54. The first-order valence-corrected chi connectivity index (χ1v) is 6.27. The van der Waals surface area contributed by atoms with Crippen LogP contribution in [0.3, 0.4) is 0 Å². The minimum atomic E-state index is 0.209. The molecular formula is C12H22N2O2. The van der Waals surface area contributed by atoms with Crippen LogP contribution in [0.4, 0.5) is 0 Å². The molecule has 4 nitrogen and oxygen atoms in total. The number of hydrogen-bond donors (Lipinski definition) is 1. The maximum atomic E-state index is 6.02. The molecule has 3 aliphatic heterocycles. The van der Waals surface area contributed by atoms with Gasteiger partial charge >= 0.3 is 0 Å². The Morgan fingerprint density at radius 2 is 1.94 bits per heavy atom. The molecule has 1 unspecified atom stereocenters. The smallest absolute Gasteiger partial charge is 0.0564 e. The van der Waals surface area contributed by atoms with Crippen molar-refractivity contribution in [2.75, 3.05) is 53.1 Å². The fraction of sp³-hybridized carbons (Fsp3) is 1.00. The molecule has 3 rings (SSSR count). The van der Waals surface area contributed by atoms with Crippen LogP contribution in [0.25, 0.3) is 0 Å². The van der Waals surface area contributed by atoms with Gasteiger partial charge in [0.25, 0.3) is 0 Å². The normalized spacial score (nSPS) is 36.8. The van der Waals surface area contributed by atoms with E-state index in [0.29, 0.717) is 5.41 Å². The van der Waals surface area contributed by atoms with Crippen LogP contribution in [0, 0.1) is 16.7 Å². The number of ether oxygens (including phenoxy) is 2. The minimum Gasteiger partial charge on any atom is -0.380 e. The van der Waals surface area contributed by atoms with E-state index in [1.54, 1.807) is 0 Å². The van der Waals surface area contributed by atoms with Crippen LogP contribution >= 0.6 is 0 Å². The van der Waals surface area contributed by atoms with Gasteiger partial charge in [0.1, 0.15) is 0 Å². The largest absolute Gasteiger partial charge is 0.380 e. The Labute approximate surface area is 97.1 Å². The van der Waals surface area contributed by atoms with Crippen LogP contribution in [-0.4, -0.2) is 58.0 Å². The van der Waals surface area contributed by atoms with Gasteiger partial charge in [-0.1, -0.05) is 0 Å². The van der Waals surface area contributed by atoms with Gasteiger partial charge in [-0.05, 0) is 25.9 Å². The molecule has 0 aliphatic carbocycles. The molecule has 16 heavy (non-hydrogen) atoms. The molecule has 0 aromatic rings. The molecule has 92 valence electrons. The summed E-state index contributed by atoms with van der Waals surface area (Å²) < 4.78 is 11.0. The van der Waals surface area contributed by atoms with E-state index in [1.165, 1.54) is 19.5 Å². The van der Waals surface area contributed by atoms with E-state index in [1.807, 2.05) is 0 Å². The first-order chi connectivity index (χ1) is 7.72. The first kappa shape index (κ1) is 11.0. The first-order valence-electron chi connectivity index (χ1n) is 6.27. The topological polar surface area (TPSA) is 47.7 Å². The standard InChI is InChI=1S/C12H22N2O2/c1-14-3-2-10(4-14)12(8-16-9-12)11(5-13)6-15-7-11/h10H,2-9,13H2,1H3. The van der Waals surface area contributed by atoms with Gasteiger partial charge in [0.05, 0.1) is 26.4 Å². The van der Waals surface area contributed by atoms with Crippen molar-refractivity contribution in [3.63, 3.8) is 0 Å². The molecule has 0 spiro atoms. The second-order valence-electron chi connectivity index (χ2n) is 5.87. The number of hydrogen-bond acceptors (Lipinski definition) is 4. The van der Waals surface area contributed by atoms with Crippen molar-refractivity contribution in [1.29, 1.82) is 0 Å². The summed E-state index contributed by atoms with van der Waals surface area (Å²) in [4.78, 5) is 2.43. The second-order valence-corrected chi connectivity index (χ2v) is 5.87. The van der Waals surface area contributed by atoms with E-state index in [-0.39, 0.29) is 5.41 Å². The molecule has 3 saturated heterocycles. The van der Waals surface area contributed by atoms with Crippen molar-refractivity contribution in [3.8, 4) is 0 Å². The third-order valence-corrected chi connectivity index (χ3v) is 5.10. The van der Waals surface area contributed by atoms with E-state index in [2.05, 4.69) is 11.9 Å². The van der Waals surface area contributed by atoms with Crippen molar-refractivity contribution in [2.24, 2.45) is 22.5 Å². The van der Waals surface area contributed by atoms with Crippen LogP contribution in [0.5, 0.6) is 0 Å². The zero-order valence-corrected chi connectivity index (χ0v) is 10.1. The molecule has 0 radical (unpaired) electrons. The highest BCUT2D eigenvalue weighted by molar-refractivity contribution is 5.10. The maximum absolute atomic E-state index is 6.02.